The highest BCUT2D eigenvalue weighted by Gasteiger charge is 2.19. The highest BCUT2D eigenvalue weighted by molar-refractivity contribution is 5.88. The summed E-state index contributed by atoms with van der Waals surface area (Å²) in [5, 5.41) is 8.95. The van der Waals surface area contributed by atoms with Gasteiger partial charge >= 0.3 is 5.97 Å². The highest BCUT2D eigenvalue weighted by atomic mass is 16.4. The zero-order valence-electron chi connectivity index (χ0n) is 8.39. The molecule has 2 N–H and O–H groups in total. The third-order valence-corrected chi connectivity index (χ3v) is 3.04. The third-order valence-electron chi connectivity index (χ3n) is 3.04. The molecule has 0 saturated carbocycles. The molecular formula is C11H15NO2. The molecule has 1 aliphatic carbocycles. The predicted molar refractivity (Wildman–Crippen MR) is 53.7 cm³/mol. The van der Waals surface area contributed by atoms with Gasteiger partial charge < -0.3 is 10.1 Å². The van der Waals surface area contributed by atoms with Crippen LogP contribution < -0.4 is 0 Å². The third kappa shape index (κ3) is 1.43. The van der Waals surface area contributed by atoms with E-state index >= 15 is 0 Å². The van der Waals surface area contributed by atoms with Crippen molar-refractivity contribution in [3.05, 3.63) is 22.5 Å². The number of aromatic carboxylic acids is 1. The summed E-state index contributed by atoms with van der Waals surface area (Å²) in [4.78, 5) is 13.9. The Hall–Kier alpha value is -1.25. The monoisotopic (exact) mass is 193 g/mol. The van der Waals surface area contributed by atoms with Crippen LogP contribution in [0, 0.1) is 6.92 Å². The number of hydrogen-bond donors (Lipinski definition) is 2. The maximum atomic E-state index is 10.9. The Morgan fingerprint density at radius 2 is 2.00 bits per heavy atom. The Bertz CT molecular complexity index is 366. The molecule has 0 aliphatic heterocycles. The smallest absolute Gasteiger partial charge is 0.352 e. The Morgan fingerprint density at radius 3 is 2.71 bits per heavy atom. The van der Waals surface area contributed by atoms with Crippen molar-refractivity contribution in [1.29, 1.82) is 0 Å². The van der Waals surface area contributed by atoms with Gasteiger partial charge in [-0.05, 0) is 43.7 Å². The number of rotatable bonds is 1. The van der Waals surface area contributed by atoms with E-state index in [1.54, 1.807) is 0 Å². The molecule has 1 aliphatic rings. The number of aromatic nitrogens is 1. The normalized spacial score (nSPS) is 16.1. The number of aromatic amines is 1. The van der Waals surface area contributed by atoms with Crippen LogP contribution in [0.4, 0.5) is 0 Å². The van der Waals surface area contributed by atoms with Gasteiger partial charge in [0.25, 0.3) is 0 Å². The van der Waals surface area contributed by atoms with Crippen LogP contribution in [0.5, 0.6) is 0 Å². The van der Waals surface area contributed by atoms with Gasteiger partial charge in [0, 0.05) is 5.69 Å². The van der Waals surface area contributed by atoms with Crippen LogP contribution in [0.25, 0.3) is 0 Å². The second kappa shape index (κ2) is 3.48. The number of carbonyl (C=O) groups is 1. The summed E-state index contributed by atoms with van der Waals surface area (Å²) in [6, 6.07) is 0. The number of hydrogen-bond acceptors (Lipinski definition) is 1. The average molecular weight is 193 g/mol. The number of carboxylic acids is 1. The molecule has 0 amide bonds. The van der Waals surface area contributed by atoms with E-state index in [1.807, 2.05) is 6.92 Å². The van der Waals surface area contributed by atoms with Crippen LogP contribution in [0.2, 0.25) is 0 Å². The standard InChI is InChI=1S/C11H15NO2/c1-7-8-5-3-2-4-6-9(8)12-10(7)11(13)14/h12H,2-6H2,1H3,(H,13,14). The maximum Gasteiger partial charge on any atom is 0.352 e. The Balaban J connectivity index is 2.45. The number of H-pyrrole nitrogens is 1. The number of aryl methyl sites for hydroxylation is 1. The minimum absolute atomic E-state index is 0.386. The molecule has 0 unspecified atom stereocenters. The van der Waals surface area contributed by atoms with Crippen molar-refractivity contribution in [3.8, 4) is 0 Å². The van der Waals surface area contributed by atoms with E-state index in [0.717, 1.165) is 24.1 Å². The Morgan fingerprint density at radius 1 is 1.29 bits per heavy atom. The van der Waals surface area contributed by atoms with Gasteiger partial charge in [0.05, 0.1) is 0 Å². The molecule has 0 atom stereocenters. The van der Waals surface area contributed by atoms with Crippen LogP contribution in [-0.4, -0.2) is 16.1 Å². The first kappa shape index (κ1) is 9.31. The molecule has 14 heavy (non-hydrogen) atoms. The largest absolute Gasteiger partial charge is 0.477 e. The fourth-order valence-corrected chi connectivity index (χ4v) is 2.24. The molecule has 0 fully saturated rings. The molecule has 3 heteroatoms. The van der Waals surface area contributed by atoms with Gasteiger partial charge in [0.1, 0.15) is 5.69 Å². The molecule has 0 spiro atoms. The quantitative estimate of drug-likeness (QED) is 0.672. The summed E-state index contributed by atoms with van der Waals surface area (Å²) in [5.74, 6) is -0.837. The molecule has 1 aromatic rings. The minimum atomic E-state index is -0.837. The summed E-state index contributed by atoms with van der Waals surface area (Å²) < 4.78 is 0. The van der Waals surface area contributed by atoms with Crippen molar-refractivity contribution in [1.82, 2.24) is 4.98 Å². The molecule has 76 valence electrons. The molecule has 1 heterocycles. The lowest BCUT2D eigenvalue weighted by molar-refractivity contribution is 0.0690. The zero-order chi connectivity index (χ0) is 10.1. The first-order valence-electron chi connectivity index (χ1n) is 5.13. The average Bonchev–Trinajstić information content (AvgIpc) is 2.37. The van der Waals surface area contributed by atoms with Crippen LogP contribution in [0.15, 0.2) is 0 Å². The predicted octanol–water partition coefficient (Wildman–Crippen LogP) is 2.29. The van der Waals surface area contributed by atoms with Crippen molar-refractivity contribution in [2.24, 2.45) is 0 Å². The van der Waals surface area contributed by atoms with E-state index in [-0.39, 0.29) is 0 Å². The summed E-state index contributed by atoms with van der Waals surface area (Å²) in [6.07, 6.45) is 5.65. The number of fused-ring (bicyclic) bond motifs is 1. The Kier molecular flexibility index (Phi) is 2.32. The molecule has 0 radical (unpaired) electrons. The van der Waals surface area contributed by atoms with Gasteiger partial charge in [-0.15, -0.1) is 0 Å². The lowest BCUT2D eigenvalue weighted by atomic mass is 10.1. The maximum absolute atomic E-state index is 10.9. The van der Waals surface area contributed by atoms with Crippen LogP contribution in [-0.2, 0) is 12.8 Å². The lowest BCUT2D eigenvalue weighted by Crippen LogP contribution is -1.99. The topological polar surface area (TPSA) is 53.1 Å². The van der Waals surface area contributed by atoms with Crippen molar-refractivity contribution >= 4 is 5.97 Å². The van der Waals surface area contributed by atoms with Crippen molar-refractivity contribution < 1.29 is 9.90 Å². The van der Waals surface area contributed by atoms with Gasteiger partial charge in [0.15, 0.2) is 0 Å². The molecule has 0 aromatic carbocycles. The fraction of sp³-hybridized carbons (Fsp3) is 0.545. The van der Waals surface area contributed by atoms with E-state index in [4.69, 9.17) is 5.11 Å². The molecule has 1 aromatic heterocycles. The van der Waals surface area contributed by atoms with E-state index in [9.17, 15) is 4.79 Å². The van der Waals surface area contributed by atoms with Crippen LogP contribution >= 0.6 is 0 Å². The van der Waals surface area contributed by atoms with Gasteiger partial charge in [-0.1, -0.05) is 6.42 Å². The Labute approximate surface area is 83.1 Å². The summed E-state index contributed by atoms with van der Waals surface area (Å²) >= 11 is 0. The van der Waals surface area contributed by atoms with Crippen molar-refractivity contribution in [3.63, 3.8) is 0 Å². The van der Waals surface area contributed by atoms with E-state index in [1.165, 1.54) is 24.8 Å². The fourth-order valence-electron chi connectivity index (χ4n) is 2.24. The second-order valence-corrected chi connectivity index (χ2v) is 3.95. The summed E-state index contributed by atoms with van der Waals surface area (Å²) in [6.45, 7) is 1.91. The summed E-state index contributed by atoms with van der Waals surface area (Å²) in [5.41, 5.74) is 3.73. The number of nitrogens with one attached hydrogen (secondary N) is 1. The lowest BCUT2D eigenvalue weighted by Gasteiger charge is -1.97. The highest BCUT2D eigenvalue weighted by Crippen LogP contribution is 2.25. The van der Waals surface area contributed by atoms with Crippen molar-refractivity contribution in [2.45, 2.75) is 39.0 Å². The van der Waals surface area contributed by atoms with Gasteiger partial charge in [-0.3, -0.25) is 0 Å². The summed E-state index contributed by atoms with van der Waals surface area (Å²) in [7, 11) is 0. The molecular weight excluding hydrogens is 178 g/mol. The SMILES string of the molecule is Cc1c(C(=O)O)[nH]c2c1CCCCC2. The van der Waals surface area contributed by atoms with Gasteiger partial charge in [-0.25, -0.2) is 4.79 Å². The molecule has 2 rings (SSSR count). The molecule has 0 saturated heterocycles. The zero-order valence-corrected chi connectivity index (χ0v) is 8.39. The second-order valence-electron chi connectivity index (χ2n) is 3.95. The van der Waals surface area contributed by atoms with Crippen LogP contribution in [0.1, 0.15) is 46.6 Å². The van der Waals surface area contributed by atoms with Gasteiger partial charge in [0.2, 0.25) is 0 Å². The van der Waals surface area contributed by atoms with E-state index in [2.05, 4.69) is 4.98 Å². The molecule has 0 bridgehead atoms. The van der Waals surface area contributed by atoms with Gasteiger partial charge in [-0.2, -0.15) is 0 Å². The van der Waals surface area contributed by atoms with E-state index in [0.29, 0.717) is 5.69 Å². The molecule has 3 nitrogen and oxygen atoms in total. The van der Waals surface area contributed by atoms with Crippen molar-refractivity contribution in [2.75, 3.05) is 0 Å². The first-order chi connectivity index (χ1) is 6.70. The number of carboxylic acid groups (broad SMARTS) is 1. The first-order valence-corrected chi connectivity index (χ1v) is 5.13. The van der Waals surface area contributed by atoms with Crippen LogP contribution in [0.3, 0.4) is 0 Å². The van der Waals surface area contributed by atoms with E-state index < -0.39 is 5.97 Å². The minimum Gasteiger partial charge on any atom is -0.477 e.